The Balaban J connectivity index is 1.81. The fourth-order valence-corrected chi connectivity index (χ4v) is 3.73. The van der Waals surface area contributed by atoms with E-state index in [2.05, 4.69) is 60.1 Å². The smallest absolute Gasteiger partial charge is 0.227 e. The molecule has 1 atom stereocenters. The number of rotatable bonds is 3. The molecule has 1 aliphatic rings. The van der Waals surface area contributed by atoms with Crippen LogP contribution in [0.3, 0.4) is 0 Å². The largest absolute Gasteiger partial charge is 0.339 e. The number of aromatic nitrogens is 3. The van der Waals surface area contributed by atoms with Crippen molar-refractivity contribution in [1.82, 2.24) is 15.0 Å². The van der Waals surface area contributed by atoms with E-state index < -0.39 is 0 Å². The first-order valence-corrected chi connectivity index (χ1v) is 9.95. The van der Waals surface area contributed by atoms with Gasteiger partial charge in [0.1, 0.15) is 5.82 Å². The average Bonchev–Trinajstić information content (AvgIpc) is 3.05. The van der Waals surface area contributed by atoms with E-state index in [4.69, 9.17) is 15.7 Å². The molecule has 134 valence electrons. The number of benzene rings is 1. The summed E-state index contributed by atoms with van der Waals surface area (Å²) < 4.78 is 1.92. The van der Waals surface area contributed by atoms with Gasteiger partial charge in [0.15, 0.2) is 0 Å². The third kappa shape index (κ3) is 3.41. The van der Waals surface area contributed by atoms with Gasteiger partial charge in [-0.3, -0.25) is 4.98 Å². The average molecular weight is 478 g/mol. The van der Waals surface area contributed by atoms with E-state index in [1.54, 1.807) is 12.4 Å². The highest BCUT2D eigenvalue weighted by Gasteiger charge is 2.23. The quantitative estimate of drug-likeness (QED) is 0.590. The van der Waals surface area contributed by atoms with E-state index in [1.165, 1.54) is 0 Å². The Morgan fingerprint density at radius 1 is 1.19 bits per heavy atom. The van der Waals surface area contributed by atoms with Crippen LogP contribution in [0.4, 0.5) is 17.5 Å². The Kier molecular flexibility index (Phi) is 4.81. The molecule has 1 fully saturated rings. The fraction of sp³-hybridized carbons (Fsp3) is 0.278. The van der Waals surface area contributed by atoms with Crippen molar-refractivity contribution in [3.8, 4) is 0 Å². The van der Waals surface area contributed by atoms with Crippen molar-refractivity contribution >= 4 is 60.2 Å². The van der Waals surface area contributed by atoms with Gasteiger partial charge in [-0.1, -0.05) is 15.9 Å². The molecule has 0 aliphatic carbocycles. The van der Waals surface area contributed by atoms with Crippen LogP contribution < -0.4 is 16.0 Å². The third-order valence-corrected chi connectivity index (χ3v) is 5.95. The fourth-order valence-electron chi connectivity index (χ4n) is 3.07. The Bertz CT molecular complexity index is 977. The van der Waals surface area contributed by atoms with Gasteiger partial charge in [0.2, 0.25) is 5.95 Å². The molecule has 4 rings (SSSR count). The maximum atomic E-state index is 6.06. The zero-order chi connectivity index (χ0) is 18.3. The number of halogens is 2. The van der Waals surface area contributed by atoms with E-state index in [9.17, 15) is 0 Å². The topological polar surface area (TPSA) is 80.0 Å². The highest BCUT2D eigenvalue weighted by atomic mass is 79.9. The summed E-state index contributed by atoms with van der Waals surface area (Å²) in [6, 6.07) is 6.28. The Labute approximate surface area is 168 Å². The molecule has 0 bridgehead atoms. The van der Waals surface area contributed by atoms with Gasteiger partial charge in [-0.15, -0.1) is 0 Å². The molecular weight excluding hydrogens is 460 g/mol. The number of aryl methyl sites for hydroxylation is 1. The van der Waals surface area contributed by atoms with Crippen molar-refractivity contribution in [3.05, 3.63) is 45.1 Å². The van der Waals surface area contributed by atoms with Crippen LogP contribution in [0.15, 0.2) is 39.5 Å². The molecule has 1 aromatic carbocycles. The lowest BCUT2D eigenvalue weighted by Crippen LogP contribution is -2.27. The minimum atomic E-state index is 0.167. The monoisotopic (exact) mass is 476 g/mol. The van der Waals surface area contributed by atoms with E-state index in [1.807, 2.05) is 12.1 Å². The minimum Gasteiger partial charge on any atom is -0.339 e. The molecule has 3 heterocycles. The number of fused-ring (bicyclic) bond motifs is 1. The van der Waals surface area contributed by atoms with Gasteiger partial charge in [0.25, 0.3) is 0 Å². The minimum absolute atomic E-state index is 0.167. The maximum absolute atomic E-state index is 6.06. The molecular formula is C18H18Br2N6. The predicted molar refractivity (Wildman–Crippen MR) is 112 cm³/mol. The summed E-state index contributed by atoms with van der Waals surface area (Å²) in [4.78, 5) is 15.9. The van der Waals surface area contributed by atoms with Gasteiger partial charge in [0, 0.05) is 41.7 Å². The predicted octanol–water partition coefficient (Wildman–Crippen LogP) is 4.14. The van der Waals surface area contributed by atoms with Crippen molar-refractivity contribution in [2.24, 2.45) is 5.73 Å². The molecule has 0 unspecified atom stereocenters. The Morgan fingerprint density at radius 2 is 2.04 bits per heavy atom. The molecule has 2 aromatic heterocycles. The Morgan fingerprint density at radius 3 is 2.77 bits per heavy atom. The van der Waals surface area contributed by atoms with Crippen molar-refractivity contribution in [2.45, 2.75) is 19.4 Å². The zero-order valence-corrected chi connectivity index (χ0v) is 17.4. The summed E-state index contributed by atoms with van der Waals surface area (Å²) in [5.74, 6) is 1.43. The number of nitrogens with one attached hydrogen (secondary N) is 1. The standard InChI is InChI=1S/C18H18Br2N6/c1-10-6-12(2-3-14(10)19)23-17-13-7-22-8-15(20)16(13)24-18(25-17)26-5-4-11(21)9-26/h2-3,6-8,11H,4-5,9,21H2,1H3,(H,23,24,25)/t11-/m1/s1. The Hall–Kier alpha value is -1.77. The number of nitrogens with two attached hydrogens (primary N) is 1. The van der Waals surface area contributed by atoms with E-state index >= 15 is 0 Å². The number of hydrogen-bond acceptors (Lipinski definition) is 6. The molecule has 0 radical (unpaired) electrons. The molecule has 1 aliphatic heterocycles. The normalized spacial score (nSPS) is 17.1. The number of anilines is 3. The number of pyridine rings is 1. The second kappa shape index (κ2) is 7.09. The number of nitrogens with zero attached hydrogens (tertiary/aromatic N) is 4. The van der Waals surface area contributed by atoms with Crippen molar-refractivity contribution < 1.29 is 0 Å². The van der Waals surface area contributed by atoms with E-state index in [0.29, 0.717) is 5.95 Å². The maximum Gasteiger partial charge on any atom is 0.227 e. The number of hydrogen-bond donors (Lipinski definition) is 2. The molecule has 0 spiro atoms. The molecule has 3 aromatic rings. The second-order valence-electron chi connectivity index (χ2n) is 6.47. The lowest BCUT2D eigenvalue weighted by molar-refractivity contribution is 0.750. The molecule has 0 saturated carbocycles. The van der Waals surface area contributed by atoms with Gasteiger partial charge in [-0.2, -0.15) is 4.98 Å². The first kappa shape index (κ1) is 17.6. The summed E-state index contributed by atoms with van der Waals surface area (Å²) in [6.45, 7) is 3.69. The first-order valence-electron chi connectivity index (χ1n) is 8.36. The van der Waals surface area contributed by atoms with Crippen LogP contribution in [0.2, 0.25) is 0 Å². The van der Waals surface area contributed by atoms with Crippen molar-refractivity contribution in [2.75, 3.05) is 23.3 Å². The van der Waals surface area contributed by atoms with Gasteiger partial charge in [-0.25, -0.2) is 4.98 Å². The summed E-state index contributed by atoms with van der Waals surface area (Å²) in [5, 5.41) is 4.29. The second-order valence-corrected chi connectivity index (χ2v) is 8.18. The molecule has 3 N–H and O–H groups in total. The zero-order valence-electron chi connectivity index (χ0n) is 14.2. The van der Waals surface area contributed by atoms with Crippen LogP contribution in [0, 0.1) is 6.92 Å². The van der Waals surface area contributed by atoms with Crippen LogP contribution in [0.25, 0.3) is 10.9 Å². The molecule has 26 heavy (non-hydrogen) atoms. The van der Waals surface area contributed by atoms with Crippen LogP contribution >= 0.6 is 31.9 Å². The molecule has 0 amide bonds. The van der Waals surface area contributed by atoms with Gasteiger partial charge in [-0.05, 0) is 53.0 Å². The van der Waals surface area contributed by atoms with E-state index in [0.717, 1.165) is 56.4 Å². The van der Waals surface area contributed by atoms with Gasteiger partial charge < -0.3 is 16.0 Å². The van der Waals surface area contributed by atoms with Gasteiger partial charge in [0.05, 0.1) is 15.4 Å². The van der Waals surface area contributed by atoms with Crippen molar-refractivity contribution in [1.29, 1.82) is 0 Å². The lowest BCUT2D eigenvalue weighted by atomic mass is 10.2. The summed E-state index contributed by atoms with van der Waals surface area (Å²) in [7, 11) is 0. The van der Waals surface area contributed by atoms with Crippen molar-refractivity contribution in [3.63, 3.8) is 0 Å². The lowest BCUT2D eigenvalue weighted by Gasteiger charge is -2.18. The highest BCUT2D eigenvalue weighted by Crippen LogP contribution is 2.31. The molecule has 1 saturated heterocycles. The van der Waals surface area contributed by atoms with Crippen LogP contribution in [0.5, 0.6) is 0 Å². The molecule has 8 heteroatoms. The summed E-state index contributed by atoms with van der Waals surface area (Å²) in [5.41, 5.74) is 9.01. The van der Waals surface area contributed by atoms with E-state index in [-0.39, 0.29) is 6.04 Å². The molecule has 6 nitrogen and oxygen atoms in total. The highest BCUT2D eigenvalue weighted by molar-refractivity contribution is 9.11. The van der Waals surface area contributed by atoms with Crippen LogP contribution in [-0.4, -0.2) is 34.1 Å². The first-order chi connectivity index (χ1) is 12.5. The van der Waals surface area contributed by atoms with Crippen LogP contribution in [-0.2, 0) is 0 Å². The third-order valence-electron chi connectivity index (χ3n) is 4.48. The van der Waals surface area contributed by atoms with Gasteiger partial charge >= 0.3 is 0 Å². The summed E-state index contributed by atoms with van der Waals surface area (Å²) >= 11 is 7.10. The van der Waals surface area contributed by atoms with Crippen LogP contribution in [0.1, 0.15) is 12.0 Å². The summed E-state index contributed by atoms with van der Waals surface area (Å²) in [6.07, 6.45) is 4.49. The SMILES string of the molecule is Cc1cc(Nc2nc(N3CC[C@@H](N)C3)nc3c(Br)cncc23)ccc1Br.